The van der Waals surface area contributed by atoms with Crippen molar-refractivity contribution in [2.45, 2.75) is 18.4 Å². The van der Waals surface area contributed by atoms with Gasteiger partial charge in [0.15, 0.2) is 0 Å². The van der Waals surface area contributed by atoms with E-state index < -0.39 is 10.0 Å². The first kappa shape index (κ1) is 14.0. The van der Waals surface area contributed by atoms with E-state index in [-0.39, 0.29) is 16.7 Å². The normalized spacial score (nSPS) is 12.0. The van der Waals surface area contributed by atoms with E-state index >= 15 is 0 Å². The van der Waals surface area contributed by atoms with Crippen LogP contribution in [0.2, 0.25) is 5.28 Å². The van der Waals surface area contributed by atoms with Crippen LogP contribution in [0.25, 0.3) is 0 Å². The van der Waals surface area contributed by atoms with Gasteiger partial charge in [0.25, 0.3) is 0 Å². The number of hydrogen-bond acceptors (Lipinski definition) is 5. The number of nitrogens with zero attached hydrogens (tertiary/aromatic N) is 3. The topological polar surface area (TPSA) is 76.3 Å². The highest BCUT2D eigenvalue weighted by atomic mass is 35.5. The van der Waals surface area contributed by atoms with Crippen molar-refractivity contribution in [3.05, 3.63) is 41.3 Å². The Hall–Kier alpha value is -1.44. The number of rotatable bonds is 4. The van der Waals surface area contributed by atoms with Crippen LogP contribution in [0.3, 0.4) is 0 Å². The predicted molar refractivity (Wildman–Crippen MR) is 69.1 cm³/mol. The summed E-state index contributed by atoms with van der Waals surface area (Å²) in [7, 11) is -2.16. The maximum absolute atomic E-state index is 12.3. The molecule has 0 aromatic carbocycles. The van der Waals surface area contributed by atoms with Crippen molar-refractivity contribution < 1.29 is 12.8 Å². The molecule has 8 heteroatoms. The predicted octanol–water partition coefficient (Wildman–Crippen LogP) is 1.85. The van der Waals surface area contributed by atoms with Gasteiger partial charge in [-0.15, -0.1) is 0 Å². The molecule has 2 aromatic rings. The summed E-state index contributed by atoms with van der Waals surface area (Å²) >= 11 is 5.53. The van der Waals surface area contributed by atoms with Crippen molar-refractivity contribution in [1.82, 2.24) is 14.3 Å². The second kappa shape index (κ2) is 5.28. The minimum Gasteiger partial charge on any atom is -0.469 e. The monoisotopic (exact) mass is 301 g/mol. The van der Waals surface area contributed by atoms with E-state index in [0.29, 0.717) is 5.76 Å². The molecular formula is C11H12ClN3O3S. The molecule has 2 rings (SSSR count). The smallest absolute Gasteiger partial charge is 0.246 e. The molecule has 0 aliphatic heterocycles. The molecule has 0 fully saturated rings. The largest absolute Gasteiger partial charge is 0.469 e. The van der Waals surface area contributed by atoms with Gasteiger partial charge in [-0.3, -0.25) is 0 Å². The maximum Gasteiger partial charge on any atom is 0.246 e. The zero-order valence-electron chi connectivity index (χ0n) is 10.4. The average Bonchev–Trinajstić information content (AvgIpc) is 2.75. The fourth-order valence-electron chi connectivity index (χ4n) is 1.51. The number of aromatic nitrogens is 2. The summed E-state index contributed by atoms with van der Waals surface area (Å²) in [4.78, 5) is 7.35. The van der Waals surface area contributed by atoms with Crippen molar-refractivity contribution in [2.75, 3.05) is 7.05 Å². The third kappa shape index (κ3) is 2.94. The van der Waals surface area contributed by atoms with E-state index in [4.69, 9.17) is 16.0 Å². The van der Waals surface area contributed by atoms with Gasteiger partial charge in [0, 0.05) is 19.2 Å². The van der Waals surface area contributed by atoms with Crippen LogP contribution in [-0.4, -0.2) is 29.7 Å². The van der Waals surface area contributed by atoms with Gasteiger partial charge in [-0.05, 0) is 24.6 Å². The molecule has 0 radical (unpaired) electrons. The Morgan fingerprint density at radius 2 is 2.00 bits per heavy atom. The molecule has 0 saturated heterocycles. The lowest BCUT2D eigenvalue weighted by Crippen LogP contribution is -2.26. The summed E-state index contributed by atoms with van der Waals surface area (Å²) < 4.78 is 30.8. The fraction of sp³-hybridized carbons (Fsp3) is 0.273. The summed E-state index contributed by atoms with van der Waals surface area (Å²) in [6.45, 7) is 1.99. The van der Waals surface area contributed by atoms with Crippen LogP contribution in [0.4, 0.5) is 0 Å². The molecule has 0 bridgehead atoms. The molecular weight excluding hydrogens is 290 g/mol. The lowest BCUT2D eigenvalue weighted by atomic mass is 10.3. The first-order valence-electron chi connectivity index (χ1n) is 5.38. The minimum atomic E-state index is -3.64. The number of furan rings is 1. The van der Waals surface area contributed by atoms with Gasteiger partial charge in [0.05, 0.1) is 18.7 Å². The highest BCUT2D eigenvalue weighted by Crippen LogP contribution is 2.18. The van der Waals surface area contributed by atoms with E-state index in [1.807, 2.05) is 0 Å². The summed E-state index contributed by atoms with van der Waals surface area (Å²) in [5, 5.41) is 0.00674. The van der Waals surface area contributed by atoms with Crippen LogP contribution < -0.4 is 0 Å². The SMILES string of the molecule is Cc1occc1CN(C)S(=O)(=O)c1cnc(Cl)nc1. The summed E-state index contributed by atoms with van der Waals surface area (Å²) in [5.74, 6) is 0.689. The van der Waals surface area contributed by atoms with Crippen molar-refractivity contribution in [2.24, 2.45) is 0 Å². The average molecular weight is 302 g/mol. The Bertz CT molecular complexity index is 667. The summed E-state index contributed by atoms with van der Waals surface area (Å²) in [5.41, 5.74) is 0.806. The Kier molecular flexibility index (Phi) is 3.88. The molecule has 6 nitrogen and oxygen atoms in total. The second-order valence-corrected chi connectivity index (χ2v) is 6.33. The molecule has 0 unspecified atom stereocenters. The number of halogens is 1. The standard InChI is InChI=1S/C11H12ClN3O3S/c1-8-9(3-4-18-8)7-15(2)19(16,17)10-5-13-11(12)14-6-10/h3-6H,7H2,1-2H3. The van der Waals surface area contributed by atoms with Gasteiger partial charge in [0.2, 0.25) is 15.3 Å². The van der Waals surface area contributed by atoms with Crippen LogP contribution >= 0.6 is 11.6 Å². The summed E-state index contributed by atoms with van der Waals surface area (Å²) in [6, 6.07) is 1.74. The van der Waals surface area contributed by atoms with Gasteiger partial charge >= 0.3 is 0 Å². The van der Waals surface area contributed by atoms with Crippen LogP contribution in [0, 0.1) is 6.92 Å². The summed E-state index contributed by atoms with van der Waals surface area (Å²) in [6.07, 6.45) is 3.89. The minimum absolute atomic E-state index is 0.000507. The Morgan fingerprint density at radius 3 is 2.53 bits per heavy atom. The zero-order chi connectivity index (χ0) is 14.0. The van der Waals surface area contributed by atoms with E-state index in [1.165, 1.54) is 30.0 Å². The molecule has 0 N–H and O–H groups in total. The molecule has 0 aliphatic rings. The number of aryl methyl sites for hydroxylation is 1. The van der Waals surface area contributed by atoms with Gasteiger partial charge in [-0.25, -0.2) is 18.4 Å². The fourth-order valence-corrected chi connectivity index (χ4v) is 2.65. The molecule has 19 heavy (non-hydrogen) atoms. The number of hydrogen-bond donors (Lipinski definition) is 0. The Balaban J connectivity index is 2.24. The van der Waals surface area contributed by atoms with E-state index in [1.54, 1.807) is 13.0 Å². The van der Waals surface area contributed by atoms with Gasteiger partial charge in [0.1, 0.15) is 10.7 Å². The highest BCUT2D eigenvalue weighted by molar-refractivity contribution is 7.89. The second-order valence-electron chi connectivity index (χ2n) is 3.95. The lowest BCUT2D eigenvalue weighted by molar-refractivity contribution is 0.458. The van der Waals surface area contributed by atoms with E-state index in [2.05, 4.69) is 9.97 Å². The third-order valence-electron chi connectivity index (χ3n) is 2.66. The van der Waals surface area contributed by atoms with E-state index in [0.717, 1.165) is 5.56 Å². The quantitative estimate of drug-likeness (QED) is 0.806. The highest BCUT2D eigenvalue weighted by Gasteiger charge is 2.22. The van der Waals surface area contributed by atoms with Crippen LogP contribution in [0.15, 0.2) is 34.0 Å². The van der Waals surface area contributed by atoms with Crippen LogP contribution in [0.1, 0.15) is 11.3 Å². The first-order chi connectivity index (χ1) is 8.91. The van der Waals surface area contributed by atoms with Crippen molar-refractivity contribution >= 4 is 21.6 Å². The van der Waals surface area contributed by atoms with Crippen LogP contribution in [0.5, 0.6) is 0 Å². The molecule has 0 spiro atoms. The molecule has 0 saturated carbocycles. The lowest BCUT2D eigenvalue weighted by Gasteiger charge is -2.16. The van der Waals surface area contributed by atoms with Crippen molar-refractivity contribution in [1.29, 1.82) is 0 Å². The van der Waals surface area contributed by atoms with Gasteiger partial charge in [-0.1, -0.05) is 0 Å². The molecule has 0 amide bonds. The Labute approximate surface area is 116 Å². The van der Waals surface area contributed by atoms with Crippen molar-refractivity contribution in [3.8, 4) is 0 Å². The van der Waals surface area contributed by atoms with Gasteiger partial charge in [-0.2, -0.15) is 4.31 Å². The number of sulfonamides is 1. The first-order valence-corrected chi connectivity index (χ1v) is 7.20. The molecule has 0 aliphatic carbocycles. The van der Waals surface area contributed by atoms with Crippen LogP contribution in [-0.2, 0) is 16.6 Å². The third-order valence-corrected chi connectivity index (χ3v) is 4.62. The van der Waals surface area contributed by atoms with Crippen molar-refractivity contribution in [3.63, 3.8) is 0 Å². The van der Waals surface area contributed by atoms with E-state index in [9.17, 15) is 8.42 Å². The molecule has 2 heterocycles. The Morgan fingerprint density at radius 1 is 1.37 bits per heavy atom. The van der Waals surface area contributed by atoms with Gasteiger partial charge < -0.3 is 4.42 Å². The molecule has 0 atom stereocenters. The molecule has 102 valence electrons. The zero-order valence-corrected chi connectivity index (χ0v) is 11.9. The maximum atomic E-state index is 12.3. The molecule has 2 aromatic heterocycles.